The summed E-state index contributed by atoms with van der Waals surface area (Å²) in [5, 5.41) is 3.23. The maximum atomic E-state index is 3.23. The number of nitrogens with one attached hydrogen (secondary N) is 1. The van der Waals surface area contributed by atoms with Crippen molar-refractivity contribution in [3.8, 4) is 0 Å². The summed E-state index contributed by atoms with van der Waals surface area (Å²) in [5.41, 5.74) is 0. The fourth-order valence-electron chi connectivity index (χ4n) is 2.30. The molecule has 0 saturated carbocycles. The minimum absolute atomic E-state index is 0.756. The topological polar surface area (TPSA) is 15.3 Å². The van der Waals surface area contributed by atoms with Crippen molar-refractivity contribution in [2.75, 3.05) is 26.7 Å². The van der Waals surface area contributed by atoms with Crippen molar-refractivity contribution < 1.29 is 0 Å². The zero-order valence-electron chi connectivity index (χ0n) is 10.2. The average molecular weight is 198 g/mol. The van der Waals surface area contributed by atoms with Crippen molar-refractivity contribution in [1.29, 1.82) is 0 Å². The van der Waals surface area contributed by atoms with Gasteiger partial charge in [-0.2, -0.15) is 0 Å². The van der Waals surface area contributed by atoms with Gasteiger partial charge in [-0.3, -0.25) is 0 Å². The van der Waals surface area contributed by atoms with Gasteiger partial charge < -0.3 is 10.2 Å². The van der Waals surface area contributed by atoms with Crippen LogP contribution in [0.25, 0.3) is 0 Å². The highest BCUT2D eigenvalue weighted by Gasteiger charge is 2.27. The van der Waals surface area contributed by atoms with Gasteiger partial charge in [-0.05, 0) is 51.7 Å². The first-order valence-electron chi connectivity index (χ1n) is 6.03. The molecule has 1 rings (SSSR count). The first kappa shape index (κ1) is 12.0. The molecule has 2 atom stereocenters. The van der Waals surface area contributed by atoms with Crippen LogP contribution >= 0.6 is 0 Å². The molecule has 1 N–H and O–H groups in total. The van der Waals surface area contributed by atoms with Gasteiger partial charge in [-0.1, -0.05) is 13.8 Å². The molecule has 0 aliphatic carbocycles. The van der Waals surface area contributed by atoms with E-state index in [1.165, 1.54) is 25.9 Å². The molecule has 0 amide bonds. The van der Waals surface area contributed by atoms with Crippen LogP contribution in [-0.2, 0) is 0 Å². The van der Waals surface area contributed by atoms with Gasteiger partial charge >= 0.3 is 0 Å². The third kappa shape index (κ3) is 3.25. The summed E-state index contributed by atoms with van der Waals surface area (Å²) >= 11 is 0. The minimum Gasteiger partial charge on any atom is -0.320 e. The molecule has 0 radical (unpaired) electrons. The summed E-state index contributed by atoms with van der Waals surface area (Å²) in [6.45, 7) is 10.8. The smallest absolute Gasteiger partial charge is 0.00791 e. The zero-order valence-corrected chi connectivity index (χ0v) is 10.2. The molecule has 2 unspecified atom stereocenters. The second kappa shape index (κ2) is 5.72. The predicted molar refractivity (Wildman–Crippen MR) is 62.5 cm³/mol. The molecule has 0 aromatic heterocycles. The van der Waals surface area contributed by atoms with E-state index in [1.54, 1.807) is 0 Å². The molecule has 14 heavy (non-hydrogen) atoms. The van der Waals surface area contributed by atoms with E-state index in [0.717, 1.165) is 24.4 Å². The Morgan fingerprint density at radius 1 is 1.36 bits per heavy atom. The molecule has 0 aromatic rings. The van der Waals surface area contributed by atoms with E-state index < -0.39 is 0 Å². The van der Waals surface area contributed by atoms with Gasteiger partial charge in [0, 0.05) is 12.6 Å². The third-order valence-electron chi connectivity index (χ3n) is 3.63. The second-order valence-corrected chi connectivity index (χ2v) is 5.03. The quantitative estimate of drug-likeness (QED) is 0.726. The van der Waals surface area contributed by atoms with Crippen molar-refractivity contribution in [3.05, 3.63) is 0 Å². The molecular formula is C12H26N2. The average Bonchev–Trinajstić information content (AvgIpc) is 2.62. The SMILES string of the molecule is CNCCC(C)N1CCC(C(C)C)C1. The van der Waals surface area contributed by atoms with Crippen molar-refractivity contribution in [2.45, 2.75) is 39.7 Å². The van der Waals surface area contributed by atoms with Crippen LogP contribution in [0.5, 0.6) is 0 Å². The lowest BCUT2D eigenvalue weighted by Crippen LogP contribution is -2.33. The van der Waals surface area contributed by atoms with Crippen LogP contribution in [0.3, 0.4) is 0 Å². The number of nitrogens with zero attached hydrogens (tertiary/aromatic N) is 1. The van der Waals surface area contributed by atoms with Crippen LogP contribution in [0.2, 0.25) is 0 Å². The fraction of sp³-hybridized carbons (Fsp3) is 1.00. The van der Waals surface area contributed by atoms with E-state index in [1.807, 2.05) is 7.05 Å². The highest BCUT2D eigenvalue weighted by molar-refractivity contribution is 4.81. The standard InChI is InChI=1S/C12H26N2/c1-10(2)12-6-8-14(9-12)11(3)5-7-13-4/h10-13H,5-9H2,1-4H3. The summed E-state index contributed by atoms with van der Waals surface area (Å²) in [6, 6.07) is 0.756. The Balaban J connectivity index is 2.26. The van der Waals surface area contributed by atoms with Gasteiger partial charge in [0.05, 0.1) is 0 Å². The Morgan fingerprint density at radius 3 is 2.57 bits per heavy atom. The van der Waals surface area contributed by atoms with E-state index >= 15 is 0 Å². The molecule has 1 saturated heterocycles. The van der Waals surface area contributed by atoms with Crippen LogP contribution in [-0.4, -0.2) is 37.6 Å². The highest BCUT2D eigenvalue weighted by Crippen LogP contribution is 2.25. The Bertz CT molecular complexity index is 156. The number of likely N-dealkylation sites (tertiary alicyclic amines) is 1. The zero-order chi connectivity index (χ0) is 10.6. The van der Waals surface area contributed by atoms with E-state index in [0.29, 0.717) is 0 Å². The normalized spacial score (nSPS) is 25.9. The molecule has 1 aliphatic rings. The molecule has 1 aliphatic heterocycles. The fourth-order valence-corrected chi connectivity index (χ4v) is 2.30. The van der Waals surface area contributed by atoms with Gasteiger partial charge in [0.25, 0.3) is 0 Å². The van der Waals surface area contributed by atoms with Crippen molar-refractivity contribution in [2.24, 2.45) is 11.8 Å². The largest absolute Gasteiger partial charge is 0.320 e. The maximum Gasteiger partial charge on any atom is 0.00791 e. The lowest BCUT2D eigenvalue weighted by molar-refractivity contribution is 0.228. The Labute approximate surface area is 89.1 Å². The summed E-state index contributed by atoms with van der Waals surface area (Å²) in [6.07, 6.45) is 2.68. The highest BCUT2D eigenvalue weighted by atomic mass is 15.2. The van der Waals surface area contributed by atoms with E-state index in [-0.39, 0.29) is 0 Å². The van der Waals surface area contributed by atoms with E-state index in [4.69, 9.17) is 0 Å². The summed E-state index contributed by atoms with van der Waals surface area (Å²) in [7, 11) is 2.04. The maximum absolute atomic E-state index is 3.23. The summed E-state index contributed by atoms with van der Waals surface area (Å²) < 4.78 is 0. The van der Waals surface area contributed by atoms with E-state index in [9.17, 15) is 0 Å². The molecule has 2 heteroatoms. The first-order chi connectivity index (χ1) is 6.65. The molecule has 2 nitrogen and oxygen atoms in total. The molecule has 84 valence electrons. The molecular weight excluding hydrogens is 172 g/mol. The van der Waals surface area contributed by atoms with Gasteiger partial charge in [-0.15, -0.1) is 0 Å². The number of rotatable bonds is 5. The number of hydrogen-bond acceptors (Lipinski definition) is 2. The lowest BCUT2D eigenvalue weighted by Gasteiger charge is -2.24. The van der Waals surface area contributed by atoms with Gasteiger partial charge in [-0.25, -0.2) is 0 Å². The van der Waals surface area contributed by atoms with Crippen molar-refractivity contribution in [1.82, 2.24) is 10.2 Å². The molecule has 0 spiro atoms. The Morgan fingerprint density at radius 2 is 2.07 bits per heavy atom. The predicted octanol–water partition coefficient (Wildman–Crippen LogP) is 1.96. The van der Waals surface area contributed by atoms with Crippen LogP contribution < -0.4 is 5.32 Å². The summed E-state index contributed by atoms with van der Waals surface area (Å²) in [4.78, 5) is 2.65. The van der Waals surface area contributed by atoms with Crippen LogP contribution in [0.15, 0.2) is 0 Å². The Kier molecular flexibility index (Phi) is 4.90. The number of hydrogen-bond donors (Lipinski definition) is 1. The van der Waals surface area contributed by atoms with Gasteiger partial charge in [0.1, 0.15) is 0 Å². The van der Waals surface area contributed by atoms with Crippen LogP contribution in [0.1, 0.15) is 33.6 Å². The lowest BCUT2D eigenvalue weighted by atomic mass is 9.95. The molecule has 1 fully saturated rings. The van der Waals surface area contributed by atoms with Crippen molar-refractivity contribution in [3.63, 3.8) is 0 Å². The monoisotopic (exact) mass is 198 g/mol. The van der Waals surface area contributed by atoms with Gasteiger partial charge in [0.15, 0.2) is 0 Å². The summed E-state index contributed by atoms with van der Waals surface area (Å²) in [5.74, 6) is 1.79. The minimum atomic E-state index is 0.756. The third-order valence-corrected chi connectivity index (χ3v) is 3.63. The Hall–Kier alpha value is -0.0800. The second-order valence-electron chi connectivity index (χ2n) is 5.03. The first-order valence-corrected chi connectivity index (χ1v) is 6.03. The van der Waals surface area contributed by atoms with E-state index in [2.05, 4.69) is 31.0 Å². The van der Waals surface area contributed by atoms with Crippen molar-refractivity contribution >= 4 is 0 Å². The molecule has 0 bridgehead atoms. The molecule has 1 heterocycles. The van der Waals surface area contributed by atoms with Gasteiger partial charge in [0.2, 0.25) is 0 Å². The van der Waals surface area contributed by atoms with Crippen LogP contribution in [0.4, 0.5) is 0 Å². The molecule has 0 aromatic carbocycles. The van der Waals surface area contributed by atoms with Crippen LogP contribution in [0, 0.1) is 11.8 Å².